The van der Waals surface area contributed by atoms with Crippen LogP contribution in [0.15, 0.2) is 0 Å². The van der Waals surface area contributed by atoms with Crippen LogP contribution in [0.3, 0.4) is 0 Å². The van der Waals surface area contributed by atoms with Gasteiger partial charge in [-0.3, -0.25) is 4.55 Å². The van der Waals surface area contributed by atoms with E-state index in [1.54, 1.807) is 21.1 Å². The van der Waals surface area contributed by atoms with Crippen LogP contribution in [0.2, 0.25) is 0 Å². The van der Waals surface area contributed by atoms with Gasteiger partial charge in [0.1, 0.15) is 0 Å². The molecule has 50 valence electrons. The van der Waals surface area contributed by atoms with Crippen molar-refractivity contribution in [2.45, 2.75) is 0 Å². The Labute approximate surface area is 51.1 Å². The zero-order chi connectivity index (χ0) is 6.78. The minimum atomic E-state index is -2.16. The molecule has 4 nitrogen and oxygen atoms in total. The summed E-state index contributed by atoms with van der Waals surface area (Å²) in [7, 11) is 4.94. The van der Waals surface area contributed by atoms with Crippen LogP contribution >= 0.6 is 0 Å². The number of quaternary nitrogens is 1. The summed E-state index contributed by atoms with van der Waals surface area (Å²) in [4.78, 5) is 0. The van der Waals surface area contributed by atoms with E-state index in [0.29, 0.717) is 0 Å². The summed E-state index contributed by atoms with van der Waals surface area (Å²) in [5, 5.41) is 0. The summed E-state index contributed by atoms with van der Waals surface area (Å²) in [6.45, 7) is 0. The summed E-state index contributed by atoms with van der Waals surface area (Å²) in [6.07, 6.45) is 0. The van der Waals surface area contributed by atoms with E-state index in [-0.39, 0.29) is 4.65 Å². The zero-order valence-corrected chi connectivity index (χ0v) is 5.94. The Bertz CT molecular complexity index is 97.2. The molecule has 0 aliphatic carbocycles. The summed E-state index contributed by atoms with van der Waals surface area (Å²) >= 11 is -2.16. The van der Waals surface area contributed by atoms with Crippen molar-refractivity contribution >= 4 is 11.4 Å². The maximum absolute atomic E-state index is 9.89. The minimum absolute atomic E-state index is 0.0309. The maximum Gasteiger partial charge on any atom is 0.354 e. The van der Waals surface area contributed by atoms with Crippen molar-refractivity contribution in [3.63, 3.8) is 0 Å². The molecule has 0 bridgehead atoms. The Kier molecular flexibility index (Phi) is 2.55. The third kappa shape index (κ3) is 6.03. The van der Waals surface area contributed by atoms with Crippen LogP contribution in [0.5, 0.6) is 0 Å². The number of hydrogen-bond acceptors (Lipinski definition) is 2. The van der Waals surface area contributed by atoms with Gasteiger partial charge in [0.25, 0.3) is 0 Å². The molecule has 0 aliphatic rings. The van der Waals surface area contributed by atoms with Crippen LogP contribution in [0.25, 0.3) is 0 Å². The molecule has 8 heavy (non-hydrogen) atoms. The molecule has 1 atom stereocenters. The molecule has 0 radical (unpaired) electrons. The Morgan fingerprint density at radius 1 is 1.50 bits per heavy atom. The van der Waals surface area contributed by atoms with Crippen LogP contribution in [-0.4, -0.2) is 34.6 Å². The average molecular weight is 140 g/mol. The molecule has 0 aromatic heterocycles. The topological polar surface area (TPSA) is 46.5 Å². The van der Waals surface area contributed by atoms with Gasteiger partial charge in [0.05, 0.1) is 21.1 Å². The highest BCUT2D eigenvalue weighted by atomic mass is 32.2. The zero-order valence-electron chi connectivity index (χ0n) is 5.12. The second kappa shape index (κ2) is 2.54. The lowest BCUT2D eigenvalue weighted by atomic mass is 11.0. The number of hydroxylamine groups is 3. The van der Waals surface area contributed by atoms with E-state index < -0.39 is 11.4 Å². The van der Waals surface area contributed by atoms with Crippen molar-refractivity contribution in [2.75, 3.05) is 21.1 Å². The van der Waals surface area contributed by atoms with Crippen molar-refractivity contribution in [3.05, 3.63) is 0 Å². The molecule has 0 heterocycles. The molecule has 0 aromatic rings. The highest BCUT2D eigenvalue weighted by molar-refractivity contribution is 7.74. The summed E-state index contributed by atoms with van der Waals surface area (Å²) in [6, 6.07) is 0. The van der Waals surface area contributed by atoms with E-state index in [1.807, 2.05) is 0 Å². The summed E-state index contributed by atoms with van der Waals surface area (Å²) in [5.74, 6) is 0. The first-order valence-electron chi connectivity index (χ1n) is 2.04. The van der Waals surface area contributed by atoms with Crippen molar-refractivity contribution in [1.29, 1.82) is 0 Å². The van der Waals surface area contributed by atoms with Crippen LogP contribution in [-0.2, 0) is 15.6 Å². The molecular weight excluding hydrogens is 130 g/mol. The van der Waals surface area contributed by atoms with Gasteiger partial charge in [0.15, 0.2) is 0 Å². The first-order valence-corrected chi connectivity index (χ1v) is 3.07. The largest absolute Gasteiger partial charge is 0.354 e. The van der Waals surface area contributed by atoms with Gasteiger partial charge in [-0.15, -0.1) is 0 Å². The lowest BCUT2D eigenvalue weighted by Crippen LogP contribution is -2.34. The third-order valence-electron chi connectivity index (χ3n) is 0.287. The van der Waals surface area contributed by atoms with Gasteiger partial charge in [-0.05, 0) is 0 Å². The van der Waals surface area contributed by atoms with Gasteiger partial charge >= 0.3 is 11.4 Å². The molecular formula is C3H10NO3S+. The summed E-state index contributed by atoms with van der Waals surface area (Å²) in [5.41, 5.74) is 0. The fraction of sp³-hybridized carbons (Fsp3) is 1.00. The maximum atomic E-state index is 9.89. The smallest absolute Gasteiger partial charge is 0.280 e. The molecule has 0 spiro atoms. The van der Waals surface area contributed by atoms with Crippen LogP contribution in [0, 0.1) is 0 Å². The van der Waals surface area contributed by atoms with Crippen molar-refractivity contribution in [1.82, 2.24) is 0 Å². The minimum Gasteiger partial charge on any atom is -0.280 e. The average Bonchev–Trinajstić information content (AvgIpc) is 1.21. The normalized spacial score (nSPS) is 16.0. The van der Waals surface area contributed by atoms with Gasteiger partial charge in [-0.1, -0.05) is 4.28 Å². The van der Waals surface area contributed by atoms with E-state index in [2.05, 4.69) is 4.28 Å². The first-order chi connectivity index (χ1) is 3.42. The Hall–Kier alpha value is 0.0300. The number of nitrogens with zero attached hydrogens (tertiary/aromatic N) is 1. The fourth-order valence-electron chi connectivity index (χ4n) is 0.191. The van der Waals surface area contributed by atoms with Crippen LogP contribution < -0.4 is 0 Å². The van der Waals surface area contributed by atoms with Gasteiger partial charge in [0.2, 0.25) is 0 Å². The molecule has 0 aliphatic heterocycles. The molecule has 0 saturated carbocycles. The molecule has 1 N–H and O–H groups in total. The van der Waals surface area contributed by atoms with Crippen LogP contribution in [0.4, 0.5) is 0 Å². The Balaban J connectivity index is 3.55. The molecule has 0 amide bonds. The predicted molar refractivity (Wildman–Crippen MR) is 29.9 cm³/mol. The van der Waals surface area contributed by atoms with E-state index >= 15 is 0 Å². The molecule has 0 fully saturated rings. The SMILES string of the molecule is C[N+](C)(C)OS(=O)O. The molecule has 1 unspecified atom stereocenters. The Morgan fingerprint density at radius 3 is 1.88 bits per heavy atom. The summed E-state index contributed by atoms with van der Waals surface area (Å²) < 4.78 is 22.4. The highest BCUT2D eigenvalue weighted by Crippen LogP contribution is 1.92. The van der Waals surface area contributed by atoms with Gasteiger partial charge in [-0.2, -0.15) is 8.86 Å². The van der Waals surface area contributed by atoms with E-state index in [0.717, 1.165) is 0 Å². The highest BCUT2D eigenvalue weighted by Gasteiger charge is 2.11. The second-order valence-corrected chi connectivity index (χ2v) is 2.76. The van der Waals surface area contributed by atoms with Crippen LogP contribution in [0.1, 0.15) is 0 Å². The van der Waals surface area contributed by atoms with E-state index in [4.69, 9.17) is 4.55 Å². The van der Waals surface area contributed by atoms with Crippen molar-refractivity contribution in [2.24, 2.45) is 0 Å². The number of hydrogen-bond donors (Lipinski definition) is 1. The lowest BCUT2D eigenvalue weighted by molar-refractivity contribution is -1.03. The molecule has 0 saturated heterocycles. The molecule has 0 rings (SSSR count). The molecule has 5 heteroatoms. The quantitative estimate of drug-likeness (QED) is 0.327. The van der Waals surface area contributed by atoms with Gasteiger partial charge < -0.3 is 0 Å². The van der Waals surface area contributed by atoms with E-state index in [9.17, 15) is 4.21 Å². The monoisotopic (exact) mass is 140 g/mol. The molecule has 0 aromatic carbocycles. The van der Waals surface area contributed by atoms with Crippen molar-refractivity contribution < 1.29 is 17.7 Å². The van der Waals surface area contributed by atoms with Gasteiger partial charge in [-0.25, -0.2) is 0 Å². The van der Waals surface area contributed by atoms with E-state index in [1.165, 1.54) is 0 Å². The Morgan fingerprint density at radius 2 is 1.88 bits per heavy atom. The lowest BCUT2D eigenvalue weighted by Gasteiger charge is -2.16. The van der Waals surface area contributed by atoms with Gasteiger partial charge in [0, 0.05) is 0 Å². The second-order valence-electron chi connectivity index (χ2n) is 2.18. The fourth-order valence-corrected chi connectivity index (χ4v) is 0.574. The standard InChI is InChI=1S/C3H9NO3S/c1-4(2,3)7-8(5)6/h1-3H3/p+1. The van der Waals surface area contributed by atoms with Crippen molar-refractivity contribution in [3.8, 4) is 0 Å². The first kappa shape index (κ1) is 8.03. The predicted octanol–water partition coefficient (Wildman–Crippen LogP) is -0.239. The number of rotatable bonds is 2. The third-order valence-corrected chi connectivity index (χ3v) is 0.862.